The highest BCUT2D eigenvalue weighted by molar-refractivity contribution is 7.95. The first-order valence-corrected chi connectivity index (χ1v) is 28.5. The van der Waals surface area contributed by atoms with Crippen LogP contribution in [0.2, 0.25) is 5.02 Å². The molecule has 6 aromatic rings. The lowest BCUT2D eigenvalue weighted by atomic mass is 10.0. The molecule has 1 atom stereocenters. The van der Waals surface area contributed by atoms with E-state index in [0.29, 0.717) is 77.6 Å². The highest BCUT2D eigenvalue weighted by Gasteiger charge is 2.44. The molecular formula is C60H72Cl2N3O6P. The number of unbranched alkanes of at least 4 members (excludes halogenated alkanes) is 12. The van der Waals surface area contributed by atoms with Crippen molar-refractivity contribution in [3.63, 3.8) is 0 Å². The largest absolute Gasteiger partial charge is 1.00 e. The summed E-state index contributed by atoms with van der Waals surface area (Å²) >= 11 is 6.79. The van der Waals surface area contributed by atoms with Gasteiger partial charge in [0, 0.05) is 73.4 Å². The second kappa shape index (κ2) is 28.7. The third-order valence-electron chi connectivity index (χ3n) is 13.8. The first kappa shape index (κ1) is 55.8. The van der Waals surface area contributed by atoms with Crippen molar-refractivity contribution in [2.75, 3.05) is 37.7 Å². The Morgan fingerprint density at radius 2 is 1.15 bits per heavy atom. The summed E-state index contributed by atoms with van der Waals surface area (Å²) in [6.07, 6.45) is 17.4. The molecule has 1 saturated heterocycles. The van der Waals surface area contributed by atoms with Gasteiger partial charge in [-0.2, -0.15) is 0 Å². The third kappa shape index (κ3) is 15.3. The molecule has 0 radical (unpaired) electrons. The average Bonchev–Trinajstić information content (AvgIpc) is 3.39. The molecule has 1 aliphatic heterocycles. The van der Waals surface area contributed by atoms with Gasteiger partial charge in [-0.1, -0.05) is 143 Å². The molecule has 0 bridgehead atoms. The zero-order valence-corrected chi connectivity index (χ0v) is 44.6. The molecule has 1 aromatic heterocycles. The van der Waals surface area contributed by atoms with Gasteiger partial charge in [-0.25, -0.2) is 4.79 Å². The van der Waals surface area contributed by atoms with Crippen LogP contribution in [-0.2, 0) is 14.4 Å². The predicted octanol–water partition coefficient (Wildman–Crippen LogP) is 9.75. The van der Waals surface area contributed by atoms with E-state index in [9.17, 15) is 19.2 Å². The Bertz CT molecular complexity index is 2600. The molecule has 1 aliphatic rings. The summed E-state index contributed by atoms with van der Waals surface area (Å²) in [6.45, 7) is 5.75. The van der Waals surface area contributed by atoms with E-state index >= 15 is 0 Å². The van der Waals surface area contributed by atoms with Gasteiger partial charge < -0.3 is 36.7 Å². The summed E-state index contributed by atoms with van der Waals surface area (Å²) in [7, 11) is -1.91. The number of ether oxygens (including phenoxy) is 1. The Morgan fingerprint density at radius 3 is 1.72 bits per heavy atom. The normalized spacial score (nSPS) is 13.1. The van der Waals surface area contributed by atoms with E-state index in [2.05, 4.69) is 103 Å². The molecule has 7 rings (SSSR count). The van der Waals surface area contributed by atoms with Crippen LogP contribution in [0, 0.1) is 0 Å². The van der Waals surface area contributed by atoms with Gasteiger partial charge in [0.1, 0.15) is 34.5 Å². The van der Waals surface area contributed by atoms with Crippen LogP contribution >= 0.6 is 18.9 Å². The van der Waals surface area contributed by atoms with Gasteiger partial charge in [0.05, 0.1) is 11.2 Å². The van der Waals surface area contributed by atoms with Crippen LogP contribution in [-0.4, -0.2) is 66.0 Å². The molecule has 0 aliphatic carbocycles. The molecule has 1 fully saturated rings. The van der Waals surface area contributed by atoms with Crippen molar-refractivity contribution in [3.05, 3.63) is 149 Å². The molecule has 0 saturated carbocycles. The van der Waals surface area contributed by atoms with Crippen LogP contribution in [0.5, 0.6) is 5.75 Å². The first-order chi connectivity index (χ1) is 34.7. The third-order valence-corrected chi connectivity index (χ3v) is 18.7. The SMILES string of the molecule is CCCCCCCCCCCCCC(=O)Nc1ccc(-c2cc(=O)oc3cc(O[C@H](C)C(=O)N4CCN(C(=O)CCCCC[P+](c5ccccc5)(c5ccccc5)c5ccccc5)CC4)ccc23)c(Cl)c1.[Cl-]. The molecule has 382 valence electrons. The van der Waals surface area contributed by atoms with Crippen molar-refractivity contribution in [2.45, 2.75) is 123 Å². The summed E-state index contributed by atoms with van der Waals surface area (Å²) in [5.74, 6) is 0.288. The summed E-state index contributed by atoms with van der Waals surface area (Å²) < 4.78 is 11.7. The van der Waals surface area contributed by atoms with Gasteiger partial charge in [0.15, 0.2) is 6.10 Å². The number of hydrogen-bond acceptors (Lipinski definition) is 6. The quantitative estimate of drug-likeness (QED) is 0.0330. The number of amides is 3. The van der Waals surface area contributed by atoms with Gasteiger partial charge in [-0.05, 0) is 93.3 Å². The Labute approximate surface area is 438 Å². The maximum absolute atomic E-state index is 13.6. The maximum atomic E-state index is 13.6. The molecule has 72 heavy (non-hydrogen) atoms. The molecule has 0 spiro atoms. The molecule has 0 unspecified atom stereocenters. The van der Waals surface area contributed by atoms with Crippen molar-refractivity contribution in [1.82, 2.24) is 9.80 Å². The Kier molecular flexibility index (Phi) is 22.2. The first-order valence-electron chi connectivity index (χ1n) is 26.1. The monoisotopic (exact) mass is 1030 g/mol. The molecular weight excluding hydrogens is 961 g/mol. The van der Waals surface area contributed by atoms with E-state index < -0.39 is 19.0 Å². The van der Waals surface area contributed by atoms with E-state index in [0.717, 1.165) is 44.7 Å². The predicted molar refractivity (Wildman–Crippen MR) is 294 cm³/mol. The van der Waals surface area contributed by atoms with E-state index in [1.807, 2.05) is 4.90 Å². The number of carbonyl (C=O) groups is 3. The smallest absolute Gasteiger partial charge is 0.336 e. The highest BCUT2D eigenvalue weighted by atomic mass is 35.5. The summed E-state index contributed by atoms with van der Waals surface area (Å²) in [5.41, 5.74) is 1.54. The molecule has 1 N–H and O–H groups in total. The van der Waals surface area contributed by atoms with Crippen LogP contribution in [0.4, 0.5) is 5.69 Å². The standard InChI is InChI=1S/C60H71ClN3O6P.ClH/c1-3-4-5-6-7-8-9-10-11-12-23-32-57(65)62-47-34-36-52(55(61)43-47)54-45-59(67)70-56-44-48(35-37-53(54)56)69-46(2)60(68)64-40-38-63(39-41-64)58(66)33-24-16-25-42-71(49-26-17-13-18-27-49,50-28-19-14-20-29-50)51-30-21-15-22-31-51;/h13-15,17-22,26-31,34-37,43-46H,3-12,16,23-25,32-33,38-42H2,1-2H3;1H/t46-;/m1./s1. The van der Waals surface area contributed by atoms with E-state index in [1.54, 1.807) is 48.2 Å². The number of nitrogens with one attached hydrogen (secondary N) is 1. The topological polar surface area (TPSA) is 109 Å². The minimum Gasteiger partial charge on any atom is -1.00 e. The van der Waals surface area contributed by atoms with Gasteiger partial charge in [0.25, 0.3) is 5.91 Å². The Morgan fingerprint density at radius 1 is 0.625 bits per heavy atom. The minimum absolute atomic E-state index is 0. The number of fused-ring (bicyclic) bond motifs is 1. The Balaban J connectivity index is 0.00000847. The van der Waals surface area contributed by atoms with Crippen LogP contribution in [0.1, 0.15) is 117 Å². The van der Waals surface area contributed by atoms with Crippen LogP contribution < -0.4 is 44.0 Å². The number of halogens is 2. The second-order valence-electron chi connectivity index (χ2n) is 19.0. The van der Waals surface area contributed by atoms with Crippen LogP contribution in [0.25, 0.3) is 22.1 Å². The number of carbonyl (C=O) groups excluding carboxylic acids is 3. The fraction of sp³-hybridized carbons (Fsp3) is 0.400. The van der Waals surface area contributed by atoms with Gasteiger partial charge >= 0.3 is 5.63 Å². The average molecular weight is 1030 g/mol. The number of anilines is 1. The van der Waals surface area contributed by atoms with E-state index in [-0.39, 0.29) is 30.1 Å². The molecule has 5 aromatic carbocycles. The van der Waals surface area contributed by atoms with Crippen molar-refractivity contribution in [2.24, 2.45) is 0 Å². The van der Waals surface area contributed by atoms with Gasteiger partial charge in [-0.3, -0.25) is 14.4 Å². The molecule has 12 heteroatoms. The van der Waals surface area contributed by atoms with Crippen molar-refractivity contribution >= 4 is 69.2 Å². The second-order valence-corrected chi connectivity index (χ2v) is 23.0. The van der Waals surface area contributed by atoms with E-state index in [1.165, 1.54) is 73.3 Å². The zero-order chi connectivity index (χ0) is 49.8. The zero-order valence-electron chi connectivity index (χ0n) is 42.2. The van der Waals surface area contributed by atoms with Crippen LogP contribution in [0.3, 0.4) is 0 Å². The Hall–Kier alpha value is -5.47. The molecule has 2 heterocycles. The lowest BCUT2D eigenvalue weighted by Gasteiger charge is -2.36. The van der Waals surface area contributed by atoms with E-state index in [4.69, 9.17) is 20.8 Å². The fourth-order valence-electron chi connectivity index (χ4n) is 9.95. The molecule has 3 amide bonds. The van der Waals surface area contributed by atoms with Gasteiger partial charge in [0.2, 0.25) is 11.8 Å². The summed E-state index contributed by atoms with van der Waals surface area (Å²) in [5, 5.41) is 8.12. The number of rotatable bonds is 26. The molecule has 9 nitrogen and oxygen atoms in total. The number of nitrogens with zero attached hydrogens (tertiary/aromatic N) is 2. The van der Waals surface area contributed by atoms with Crippen molar-refractivity contribution in [1.29, 1.82) is 0 Å². The number of benzene rings is 5. The summed E-state index contributed by atoms with van der Waals surface area (Å²) in [6, 6.07) is 44.6. The fourth-order valence-corrected chi connectivity index (χ4v) is 14.6. The lowest BCUT2D eigenvalue weighted by molar-refractivity contribution is -0.143. The highest BCUT2D eigenvalue weighted by Crippen LogP contribution is 2.56. The van der Waals surface area contributed by atoms with Gasteiger partial charge in [-0.15, -0.1) is 0 Å². The minimum atomic E-state index is -1.91. The van der Waals surface area contributed by atoms with Crippen LogP contribution in [0.15, 0.2) is 143 Å². The van der Waals surface area contributed by atoms with Crippen molar-refractivity contribution in [3.8, 4) is 16.9 Å². The number of hydrogen-bond donors (Lipinski definition) is 1. The number of piperazine rings is 1. The van der Waals surface area contributed by atoms with Crippen molar-refractivity contribution < 1.29 is 35.9 Å². The maximum Gasteiger partial charge on any atom is 0.336 e. The lowest BCUT2D eigenvalue weighted by Crippen LogP contribution is -3.00. The summed E-state index contributed by atoms with van der Waals surface area (Å²) in [4.78, 5) is 56.3.